The Morgan fingerprint density at radius 2 is 2.05 bits per heavy atom. The van der Waals surface area contributed by atoms with Crippen molar-refractivity contribution in [3.05, 3.63) is 18.2 Å². The molecule has 1 atom stereocenters. The Kier molecular flexibility index (Phi) is 3.99. The lowest BCUT2D eigenvalue weighted by atomic mass is 10.1. The summed E-state index contributed by atoms with van der Waals surface area (Å²) in [5.41, 5.74) is 0.0444. The fourth-order valence-corrected chi connectivity index (χ4v) is 2.42. The van der Waals surface area contributed by atoms with Gasteiger partial charge in [-0.15, -0.1) is 0 Å². The zero-order valence-corrected chi connectivity index (χ0v) is 12.8. The van der Waals surface area contributed by atoms with Gasteiger partial charge in [-0.25, -0.2) is 4.98 Å². The number of likely N-dealkylation sites (N-methyl/N-ethyl adjacent to an activating group) is 1. The average molecular weight is 262 g/mol. The van der Waals surface area contributed by atoms with E-state index < -0.39 is 0 Å². The van der Waals surface area contributed by atoms with Crippen LogP contribution in [0.2, 0.25) is 0 Å². The standard InChI is InChI=1S/C15H26N4/c1-15(2,3)17-13-7-6-8-14(16-13)19-10-9-12(11-19)18(4)5/h6-8,12H,9-11H2,1-5H3,(H,16,17). The van der Waals surface area contributed by atoms with Crippen LogP contribution >= 0.6 is 0 Å². The minimum absolute atomic E-state index is 0.0444. The molecule has 0 aromatic carbocycles. The summed E-state index contributed by atoms with van der Waals surface area (Å²) < 4.78 is 0. The lowest BCUT2D eigenvalue weighted by Gasteiger charge is -2.24. The fourth-order valence-electron chi connectivity index (χ4n) is 2.42. The Hall–Kier alpha value is -1.29. The van der Waals surface area contributed by atoms with Crippen molar-refractivity contribution in [2.24, 2.45) is 0 Å². The maximum absolute atomic E-state index is 4.73. The molecule has 1 fully saturated rings. The maximum atomic E-state index is 4.73. The molecule has 0 amide bonds. The quantitative estimate of drug-likeness (QED) is 0.906. The third-order valence-electron chi connectivity index (χ3n) is 3.46. The highest BCUT2D eigenvalue weighted by molar-refractivity contribution is 5.48. The normalized spacial score (nSPS) is 20.1. The van der Waals surface area contributed by atoms with Crippen molar-refractivity contribution in [3.8, 4) is 0 Å². The molecule has 1 aliphatic heterocycles. The van der Waals surface area contributed by atoms with E-state index in [2.05, 4.69) is 62.1 Å². The first-order valence-corrected chi connectivity index (χ1v) is 7.02. The molecule has 1 aliphatic rings. The summed E-state index contributed by atoms with van der Waals surface area (Å²) in [4.78, 5) is 9.41. The molecule has 4 nitrogen and oxygen atoms in total. The number of pyridine rings is 1. The molecule has 4 heteroatoms. The van der Waals surface area contributed by atoms with Crippen LogP contribution in [0.25, 0.3) is 0 Å². The van der Waals surface area contributed by atoms with Crippen LogP contribution in [-0.2, 0) is 0 Å². The number of hydrogen-bond donors (Lipinski definition) is 1. The fraction of sp³-hybridized carbons (Fsp3) is 0.667. The Balaban J connectivity index is 2.07. The van der Waals surface area contributed by atoms with Gasteiger partial charge in [-0.2, -0.15) is 0 Å². The topological polar surface area (TPSA) is 31.4 Å². The second-order valence-electron chi connectivity index (χ2n) is 6.61. The van der Waals surface area contributed by atoms with Crippen LogP contribution in [0, 0.1) is 0 Å². The summed E-state index contributed by atoms with van der Waals surface area (Å²) in [6.45, 7) is 8.62. The summed E-state index contributed by atoms with van der Waals surface area (Å²) in [6, 6.07) is 6.86. The first-order chi connectivity index (χ1) is 8.85. The van der Waals surface area contributed by atoms with E-state index in [1.54, 1.807) is 0 Å². The van der Waals surface area contributed by atoms with Gasteiger partial charge in [0.2, 0.25) is 0 Å². The van der Waals surface area contributed by atoms with Crippen molar-refractivity contribution in [3.63, 3.8) is 0 Å². The third-order valence-corrected chi connectivity index (χ3v) is 3.46. The largest absolute Gasteiger partial charge is 0.365 e. The first kappa shape index (κ1) is 14.1. The number of hydrogen-bond acceptors (Lipinski definition) is 4. The number of aromatic nitrogens is 1. The van der Waals surface area contributed by atoms with Crippen molar-refractivity contribution >= 4 is 11.6 Å². The van der Waals surface area contributed by atoms with Crippen LogP contribution in [0.4, 0.5) is 11.6 Å². The van der Waals surface area contributed by atoms with Crippen LogP contribution in [0.5, 0.6) is 0 Å². The van der Waals surface area contributed by atoms with E-state index in [9.17, 15) is 0 Å². The monoisotopic (exact) mass is 262 g/mol. The number of anilines is 2. The van der Waals surface area contributed by atoms with Crippen molar-refractivity contribution in [2.75, 3.05) is 37.4 Å². The molecule has 1 aromatic heterocycles. The molecular formula is C15H26N4. The van der Waals surface area contributed by atoms with Crippen LogP contribution in [0.3, 0.4) is 0 Å². The zero-order valence-electron chi connectivity index (χ0n) is 12.8. The number of rotatable bonds is 3. The Morgan fingerprint density at radius 1 is 1.32 bits per heavy atom. The molecule has 106 valence electrons. The summed E-state index contributed by atoms with van der Waals surface area (Å²) in [6.07, 6.45) is 1.21. The SMILES string of the molecule is CN(C)C1CCN(c2cccc(NC(C)(C)C)n2)C1. The number of nitrogens with zero attached hydrogens (tertiary/aromatic N) is 3. The maximum Gasteiger partial charge on any atom is 0.131 e. The molecule has 1 unspecified atom stereocenters. The summed E-state index contributed by atoms with van der Waals surface area (Å²) in [5, 5.41) is 3.43. The molecule has 0 bridgehead atoms. The Bertz CT molecular complexity index is 422. The molecule has 0 radical (unpaired) electrons. The van der Waals surface area contributed by atoms with Gasteiger partial charge in [0.1, 0.15) is 11.6 Å². The van der Waals surface area contributed by atoms with E-state index in [0.717, 1.165) is 24.7 Å². The van der Waals surface area contributed by atoms with E-state index in [-0.39, 0.29) is 5.54 Å². The highest BCUT2D eigenvalue weighted by atomic mass is 15.3. The molecule has 1 saturated heterocycles. The van der Waals surface area contributed by atoms with Crippen LogP contribution in [-0.4, -0.2) is 48.6 Å². The van der Waals surface area contributed by atoms with Crippen LogP contribution in [0.1, 0.15) is 27.2 Å². The van der Waals surface area contributed by atoms with Gasteiger partial charge in [0.05, 0.1) is 0 Å². The molecule has 2 rings (SSSR count). The number of nitrogens with one attached hydrogen (secondary N) is 1. The van der Waals surface area contributed by atoms with Gasteiger partial charge >= 0.3 is 0 Å². The highest BCUT2D eigenvalue weighted by Crippen LogP contribution is 2.22. The zero-order chi connectivity index (χ0) is 14.0. The first-order valence-electron chi connectivity index (χ1n) is 7.02. The molecule has 2 heterocycles. The summed E-state index contributed by atoms with van der Waals surface area (Å²) >= 11 is 0. The third kappa shape index (κ3) is 3.83. The van der Waals surface area contributed by atoms with E-state index in [1.807, 2.05) is 6.07 Å². The lowest BCUT2D eigenvalue weighted by molar-refractivity contribution is 0.315. The molecule has 1 aromatic rings. The van der Waals surface area contributed by atoms with Crippen molar-refractivity contribution in [1.82, 2.24) is 9.88 Å². The van der Waals surface area contributed by atoms with Crippen molar-refractivity contribution in [2.45, 2.75) is 38.8 Å². The van der Waals surface area contributed by atoms with E-state index in [1.165, 1.54) is 6.42 Å². The Labute approximate surface area is 116 Å². The lowest BCUT2D eigenvalue weighted by Crippen LogP contribution is -2.32. The average Bonchev–Trinajstić information content (AvgIpc) is 2.76. The summed E-state index contributed by atoms with van der Waals surface area (Å²) in [7, 11) is 4.30. The molecule has 1 N–H and O–H groups in total. The van der Waals surface area contributed by atoms with Gasteiger partial charge in [-0.1, -0.05) is 6.07 Å². The second kappa shape index (κ2) is 5.37. The second-order valence-corrected chi connectivity index (χ2v) is 6.61. The van der Waals surface area contributed by atoms with Gasteiger partial charge in [-0.05, 0) is 53.4 Å². The predicted octanol–water partition coefficient (Wildman–Crippen LogP) is 2.43. The predicted molar refractivity (Wildman–Crippen MR) is 81.9 cm³/mol. The van der Waals surface area contributed by atoms with Crippen LogP contribution < -0.4 is 10.2 Å². The molecule has 0 spiro atoms. The van der Waals surface area contributed by atoms with Crippen molar-refractivity contribution < 1.29 is 0 Å². The minimum Gasteiger partial charge on any atom is -0.365 e. The Morgan fingerprint density at radius 3 is 2.63 bits per heavy atom. The van der Waals surface area contributed by atoms with Gasteiger partial charge in [-0.3, -0.25) is 0 Å². The van der Waals surface area contributed by atoms with Gasteiger partial charge in [0.25, 0.3) is 0 Å². The minimum atomic E-state index is 0.0444. The highest BCUT2D eigenvalue weighted by Gasteiger charge is 2.25. The molecule has 19 heavy (non-hydrogen) atoms. The molecular weight excluding hydrogens is 236 g/mol. The van der Waals surface area contributed by atoms with Gasteiger partial charge < -0.3 is 15.1 Å². The van der Waals surface area contributed by atoms with E-state index in [4.69, 9.17) is 4.98 Å². The van der Waals surface area contributed by atoms with E-state index in [0.29, 0.717) is 6.04 Å². The van der Waals surface area contributed by atoms with E-state index >= 15 is 0 Å². The van der Waals surface area contributed by atoms with Crippen LogP contribution in [0.15, 0.2) is 18.2 Å². The van der Waals surface area contributed by atoms with Gasteiger partial charge in [0.15, 0.2) is 0 Å². The smallest absolute Gasteiger partial charge is 0.131 e. The van der Waals surface area contributed by atoms with Gasteiger partial charge in [0, 0.05) is 24.7 Å². The summed E-state index contributed by atoms with van der Waals surface area (Å²) in [5.74, 6) is 2.04. The molecule has 0 saturated carbocycles. The molecule has 0 aliphatic carbocycles. The van der Waals surface area contributed by atoms with Crippen molar-refractivity contribution in [1.29, 1.82) is 0 Å².